The number of methoxy groups -OCH3 is 1. The Morgan fingerprint density at radius 2 is 2.05 bits per heavy atom. The van der Waals surface area contributed by atoms with Crippen LogP contribution < -0.4 is 10.6 Å². The first-order valence-corrected chi connectivity index (χ1v) is 7.65. The predicted octanol–water partition coefficient (Wildman–Crippen LogP) is 1.26. The molecule has 1 aromatic rings. The fraction of sp³-hybridized carbons (Fsp3) is 0.857. The summed E-state index contributed by atoms with van der Waals surface area (Å²) in [6.45, 7) is 2.08. The van der Waals surface area contributed by atoms with Crippen molar-refractivity contribution < 1.29 is 9.15 Å². The summed E-state index contributed by atoms with van der Waals surface area (Å²) < 4.78 is 10.6. The second-order valence-corrected chi connectivity index (χ2v) is 6.33. The lowest BCUT2D eigenvalue weighted by Gasteiger charge is -2.08. The highest BCUT2D eigenvalue weighted by Crippen LogP contribution is 2.66. The molecule has 4 rings (SSSR count). The third-order valence-corrected chi connectivity index (χ3v) is 5.25. The summed E-state index contributed by atoms with van der Waals surface area (Å²) in [5.41, 5.74) is 0. The summed E-state index contributed by atoms with van der Waals surface area (Å²) in [6, 6.07) is 1.18. The Labute approximate surface area is 118 Å². The topological polar surface area (TPSA) is 72.2 Å². The van der Waals surface area contributed by atoms with Crippen molar-refractivity contribution in [3.8, 4) is 0 Å². The van der Waals surface area contributed by atoms with Gasteiger partial charge in [0.2, 0.25) is 5.89 Å². The van der Waals surface area contributed by atoms with Crippen LogP contribution in [0, 0.1) is 23.7 Å². The van der Waals surface area contributed by atoms with E-state index >= 15 is 0 Å². The Hall–Kier alpha value is -1.14. The van der Waals surface area contributed by atoms with Gasteiger partial charge in [-0.05, 0) is 42.9 Å². The molecule has 110 valence electrons. The Morgan fingerprint density at radius 3 is 2.80 bits per heavy atom. The Balaban J connectivity index is 1.27. The standard InChI is InChI=1S/C14H22N4O2/c1-19-5-4-15-7-10-17-18-14(20-10)16-13-11-8-2-3-9(6-8)12(11)13/h8-9,11-13,15H,2-7H2,1H3,(H,16,18). The molecule has 3 saturated carbocycles. The molecule has 2 bridgehead atoms. The van der Waals surface area contributed by atoms with Crippen LogP contribution in [0.15, 0.2) is 4.42 Å². The van der Waals surface area contributed by atoms with Crippen molar-refractivity contribution >= 4 is 6.01 Å². The van der Waals surface area contributed by atoms with Crippen LogP contribution in [-0.4, -0.2) is 36.5 Å². The molecule has 1 heterocycles. The van der Waals surface area contributed by atoms with Crippen molar-refractivity contribution in [1.29, 1.82) is 0 Å². The summed E-state index contributed by atoms with van der Waals surface area (Å²) in [7, 11) is 1.69. The smallest absolute Gasteiger partial charge is 0.315 e. The molecule has 0 aliphatic heterocycles. The van der Waals surface area contributed by atoms with E-state index in [0.29, 0.717) is 31.1 Å². The van der Waals surface area contributed by atoms with Gasteiger partial charge >= 0.3 is 6.01 Å². The molecule has 3 fully saturated rings. The van der Waals surface area contributed by atoms with Gasteiger partial charge in [0.1, 0.15) is 0 Å². The molecule has 3 aliphatic carbocycles. The SMILES string of the molecule is COCCNCc1nnc(NC2C3C4CCC(C4)C23)o1. The molecule has 1 aromatic heterocycles. The second-order valence-electron chi connectivity index (χ2n) is 6.33. The molecule has 0 spiro atoms. The number of nitrogens with zero attached hydrogens (tertiary/aromatic N) is 2. The monoisotopic (exact) mass is 278 g/mol. The summed E-state index contributed by atoms with van der Waals surface area (Å²) in [5, 5.41) is 14.8. The molecule has 0 radical (unpaired) electrons. The lowest BCUT2D eigenvalue weighted by atomic mass is 10.0. The zero-order valence-corrected chi connectivity index (χ0v) is 11.8. The third kappa shape index (κ3) is 2.11. The van der Waals surface area contributed by atoms with Gasteiger partial charge in [0, 0.05) is 19.7 Å². The zero-order valence-electron chi connectivity index (χ0n) is 11.8. The fourth-order valence-corrected chi connectivity index (χ4v) is 4.41. The highest BCUT2D eigenvalue weighted by Gasteiger charge is 2.65. The van der Waals surface area contributed by atoms with Gasteiger partial charge in [-0.15, -0.1) is 5.10 Å². The number of aromatic nitrogens is 2. The molecule has 20 heavy (non-hydrogen) atoms. The fourth-order valence-electron chi connectivity index (χ4n) is 4.41. The van der Waals surface area contributed by atoms with Crippen molar-refractivity contribution in [2.75, 3.05) is 25.6 Å². The van der Waals surface area contributed by atoms with Crippen LogP contribution in [0.3, 0.4) is 0 Å². The molecular weight excluding hydrogens is 256 g/mol. The molecule has 6 heteroatoms. The van der Waals surface area contributed by atoms with E-state index in [1.165, 1.54) is 19.3 Å². The van der Waals surface area contributed by atoms with Crippen LogP contribution in [0.1, 0.15) is 25.2 Å². The second kappa shape index (κ2) is 5.00. The van der Waals surface area contributed by atoms with Gasteiger partial charge in [-0.1, -0.05) is 5.10 Å². The first-order valence-electron chi connectivity index (χ1n) is 7.65. The van der Waals surface area contributed by atoms with Crippen molar-refractivity contribution in [3.05, 3.63) is 5.89 Å². The van der Waals surface area contributed by atoms with Crippen LogP contribution in [-0.2, 0) is 11.3 Å². The van der Waals surface area contributed by atoms with Gasteiger partial charge in [0.25, 0.3) is 0 Å². The van der Waals surface area contributed by atoms with Crippen LogP contribution >= 0.6 is 0 Å². The molecule has 4 unspecified atom stereocenters. The van der Waals surface area contributed by atoms with E-state index in [4.69, 9.17) is 9.15 Å². The van der Waals surface area contributed by atoms with Crippen LogP contribution in [0.5, 0.6) is 0 Å². The largest absolute Gasteiger partial charge is 0.407 e. The molecule has 0 saturated heterocycles. The van der Waals surface area contributed by atoms with E-state index in [1.54, 1.807) is 7.11 Å². The van der Waals surface area contributed by atoms with Gasteiger partial charge in [-0.25, -0.2) is 0 Å². The average Bonchev–Trinajstić information content (AvgIpc) is 2.87. The van der Waals surface area contributed by atoms with Gasteiger partial charge in [0.05, 0.1) is 13.2 Å². The quantitative estimate of drug-likeness (QED) is 0.732. The van der Waals surface area contributed by atoms with E-state index in [9.17, 15) is 0 Å². The maximum Gasteiger partial charge on any atom is 0.315 e. The Kier molecular flexibility index (Phi) is 3.15. The van der Waals surface area contributed by atoms with Crippen LogP contribution in [0.2, 0.25) is 0 Å². The molecule has 0 aromatic carbocycles. The maximum atomic E-state index is 5.63. The molecule has 6 nitrogen and oxygen atoms in total. The van der Waals surface area contributed by atoms with E-state index < -0.39 is 0 Å². The van der Waals surface area contributed by atoms with E-state index in [1.807, 2.05) is 0 Å². The van der Waals surface area contributed by atoms with Gasteiger partial charge < -0.3 is 19.8 Å². The third-order valence-electron chi connectivity index (χ3n) is 5.25. The summed E-state index contributed by atoms with van der Waals surface area (Å²) >= 11 is 0. The number of rotatable bonds is 7. The first kappa shape index (κ1) is 12.6. The molecule has 4 atom stereocenters. The van der Waals surface area contributed by atoms with Gasteiger partial charge in [-0.2, -0.15) is 0 Å². The number of hydrogen-bond acceptors (Lipinski definition) is 6. The average molecular weight is 278 g/mol. The molecular formula is C14H22N4O2. The molecule has 3 aliphatic rings. The number of hydrogen-bond donors (Lipinski definition) is 2. The maximum absolute atomic E-state index is 5.63. The van der Waals surface area contributed by atoms with Crippen LogP contribution in [0.4, 0.5) is 6.01 Å². The van der Waals surface area contributed by atoms with E-state index in [0.717, 1.165) is 30.2 Å². The number of ether oxygens (including phenoxy) is 1. The van der Waals surface area contributed by atoms with Crippen molar-refractivity contribution in [1.82, 2.24) is 15.5 Å². The summed E-state index contributed by atoms with van der Waals surface area (Å²) in [6.07, 6.45) is 4.33. The summed E-state index contributed by atoms with van der Waals surface area (Å²) in [4.78, 5) is 0. The lowest BCUT2D eigenvalue weighted by Crippen LogP contribution is -2.18. The van der Waals surface area contributed by atoms with E-state index in [-0.39, 0.29) is 0 Å². The normalized spacial score (nSPS) is 37.1. The minimum Gasteiger partial charge on any atom is -0.407 e. The first-order chi connectivity index (χ1) is 9.86. The van der Waals surface area contributed by atoms with Crippen molar-refractivity contribution in [2.24, 2.45) is 23.7 Å². The van der Waals surface area contributed by atoms with Crippen molar-refractivity contribution in [2.45, 2.75) is 31.8 Å². The van der Waals surface area contributed by atoms with Crippen molar-refractivity contribution in [3.63, 3.8) is 0 Å². The number of nitrogens with one attached hydrogen (secondary N) is 2. The Morgan fingerprint density at radius 1 is 1.25 bits per heavy atom. The van der Waals surface area contributed by atoms with E-state index in [2.05, 4.69) is 20.8 Å². The predicted molar refractivity (Wildman–Crippen MR) is 73.1 cm³/mol. The molecule has 0 amide bonds. The minimum atomic E-state index is 0.590. The summed E-state index contributed by atoms with van der Waals surface area (Å²) in [5.74, 6) is 4.31. The van der Waals surface area contributed by atoms with Gasteiger partial charge in [0.15, 0.2) is 0 Å². The van der Waals surface area contributed by atoms with Crippen LogP contribution in [0.25, 0.3) is 0 Å². The Bertz CT molecular complexity index is 461. The number of anilines is 1. The minimum absolute atomic E-state index is 0.590. The zero-order chi connectivity index (χ0) is 13.5. The highest BCUT2D eigenvalue weighted by molar-refractivity contribution is 5.31. The highest BCUT2D eigenvalue weighted by atomic mass is 16.5. The lowest BCUT2D eigenvalue weighted by molar-refractivity contribution is 0.198. The van der Waals surface area contributed by atoms with Gasteiger partial charge in [-0.3, -0.25) is 0 Å². The number of fused-ring (bicyclic) bond motifs is 5. The molecule has 2 N–H and O–H groups in total.